The van der Waals surface area contributed by atoms with Crippen molar-refractivity contribution in [3.8, 4) is 0 Å². The lowest BCUT2D eigenvalue weighted by molar-refractivity contribution is -0.137. The third-order valence-electron chi connectivity index (χ3n) is 5.46. The molecule has 3 unspecified atom stereocenters. The van der Waals surface area contributed by atoms with Gasteiger partial charge >= 0.3 is 0 Å². The molecule has 1 amide bonds. The molecular weight excluding hydrogens is 238 g/mol. The van der Waals surface area contributed by atoms with Crippen molar-refractivity contribution in [1.82, 2.24) is 4.90 Å². The molecule has 2 saturated carbocycles. The number of carbonyl (C=O) groups is 2. The molecular formula is C16H25NO2. The Morgan fingerprint density at radius 3 is 2.58 bits per heavy atom. The molecule has 0 aromatic rings. The maximum Gasteiger partial charge on any atom is 0.226 e. The van der Waals surface area contributed by atoms with E-state index in [4.69, 9.17) is 0 Å². The zero-order valence-electron chi connectivity index (χ0n) is 12.2. The molecule has 3 aliphatic rings. The van der Waals surface area contributed by atoms with Gasteiger partial charge in [-0.25, -0.2) is 0 Å². The van der Waals surface area contributed by atoms with Crippen LogP contribution in [-0.4, -0.2) is 29.2 Å². The molecule has 3 rings (SSSR count). The average molecular weight is 263 g/mol. The summed E-state index contributed by atoms with van der Waals surface area (Å²) in [5.41, 5.74) is 0.195. The Balaban J connectivity index is 1.71. The molecule has 0 aromatic heterocycles. The largest absolute Gasteiger partial charge is 0.339 e. The smallest absolute Gasteiger partial charge is 0.226 e. The first-order chi connectivity index (χ1) is 9.00. The van der Waals surface area contributed by atoms with Crippen LogP contribution in [0.2, 0.25) is 0 Å². The second-order valence-electron chi connectivity index (χ2n) is 7.31. The molecule has 1 saturated heterocycles. The van der Waals surface area contributed by atoms with Crippen molar-refractivity contribution in [2.24, 2.45) is 17.3 Å². The molecule has 0 radical (unpaired) electrons. The van der Waals surface area contributed by atoms with Gasteiger partial charge in [0.25, 0.3) is 0 Å². The minimum atomic E-state index is 0.141. The number of carbonyl (C=O) groups excluding carboxylic acids is 2. The van der Waals surface area contributed by atoms with Gasteiger partial charge in [-0.3, -0.25) is 9.59 Å². The second-order valence-corrected chi connectivity index (χ2v) is 7.31. The minimum Gasteiger partial charge on any atom is -0.339 e. The summed E-state index contributed by atoms with van der Waals surface area (Å²) in [6.07, 6.45) is 7.07. The monoisotopic (exact) mass is 263 g/mol. The van der Waals surface area contributed by atoms with Crippen LogP contribution in [0.4, 0.5) is 0 Å². The molecule has 19 heavy (non-hydrogen) atoms. The molecule has 3 nitrogen and oxygen atoms in total. The van der Waals surface area contributed by atoms with Crippen molar-refractivity contribution < 1.29 is 9.59 Å². The standard InChI is InChI=1S/C16H25NO2/c1-16(2)10-12(16)15(19)17-9-5-7-13(17)11-6-3-4-8-14(11)18/h11-13H,3-10H2,1-2H3. The maximum absolute atomic E-state index is 12.6. The Bertz CT molecular complexity index is 402. The van der Waals surface area contributed by atoms with Crippen LogP contribution in [0.1, 0.15) is 58.8 Å². The highest BCUT2D eigenvalue weighted by Crippen LogP contribution is 2.53. The van der Waals surface area contributed by atoms with Crippen molar-refractivity contribution in [2.45, 2.75) is 64.8 Å². The fourth-order valence-electron chi connectivity index (χ4n) is 3.99. The predicted molar refractivity (Wildman–Crippen MR) is 73.6 cm³/mol. The lowest BCUT2D eigenvalue weighted by atomic mass is 9.81. The molecule has 0 spiro atoms. The highest BCUT2D eigenvalue weighted by atomic mass is 16.2. The molecule has 0 N–H and O–H groups in total. The van der Waals surface area contributed by atoms with E-state index in [9.17, 15) is 9.59 Å². The van der Waals surface area contributed by atoms with Crippen molar-refractivity contribution in [2.75, 3.05) is 6.54 Å². The summed E-state index contributed by atoms with van der Waals surface area (Å²) < 4.78 is 0. The van der Waals surface area contributed by atoms with Gasteiger partial charge in [-0.1, -0.05) is 20.3 Å². The van der Waals surface area contributed by atoms with E-state index in [0.717, 1.165) is 51.5 Å². The number of ketones is 1. The summed E-state index contributed by atoms with van der Waals surface area (Å²) >= 11 is 0. The van der Waals surface area contributed by atoms with E-state index in [2.05, 4.69) is 18.7 Å². The summed E-state index contributed by atoms with van der Waals surface area (Å²) in [7, 11) is 0. The van der Waals surface area contributed by atoms with Gasteiger partial charge in [0.05, 0.1) is 0 Å². The van der Waals surface area contributed by atoms with E-state index >= 15 is 0 Å². The van der Waals surface area contributed by atoms with E-state index in [1.807, 2.05) is 0 Å². The summed E-state index contributed by atoms with van der Waals surface area (Å²) in [5, 5.41) is 0. The van der Waals surface area contributed by atoms with Crippen molar-refractivity contribution in [3.63, 3.8) is 0 Å². The third kappa shape index (κ3) is 2.32. The number of hydrogen-bond donors (Lipinski definition) is 0. The van der Waals surface area contributed by atoms with Crippen LogP contribution in [0.25, 0.3) is 0 Å². The fourth-order valence-corrected chi connectivity index (χ4v) is 3.99. The van der Waals surface area contributed by atoms with Crippen LogP contribution in [0.5, 0.6) is 0 Å². The molecule has 3 fully saturated rings. The lowest BCUT2D eigenvalue weighted by Crippen LogP contribution is -2.44. The fraction of sp³-hybridized carbons (Fsp3) is 0.875. The summed E-state index contributed by atoms with van der Waals surface area (Å²) in [6.45, 7) is 5.22. The van der Waals surface area contributed by atoms with Crippen LogP contribution in [0.15, 0.2) is 0 Å². The average Bonchev–Trinajstić information content (AvgIpc) is 2.81. The Morgan fingerprint density at radius 2 is 1.95 bits per heavy atom. The van der Waals surface area contributed by atoms with E-state index in [-0.39, 0.29) is 23.3 Å². The van der Waals surface area contributed by atoms with Gasteiger partial charge in [0.1, 0.15) is 5.78 Å². The SMILES string of the molecule is CC1(C)CC1C(=O)N1CCCC1C1CCCCC1=O. The number of hydrogen-bond acceptors (Lipinski definition) is 2. The summed E-state index contributed by atoms with van der Waals surface area (Å²) in [6, 6.07) is 0.219. The van der Waals surface area contributed by atoms with E-state index < -0.39 is 0 Å². The molecule has 2 aliphatic carbocycles. The number of nitrogens with zero attached hydrogens (tertiary/aromatic N) is 1. The van der Waals surface area contributed by atoms with Crippen molar-refractivity contribution >= 4 is 11.7 Å². The van der Waals surface area contributed by atoms with Crippen molar-refractivity contribution in [1.29, 1.82) is 0 Å². The Hall–Kier alpha value is -0.860. The van der Waals surface area contributed by atoms with Gasteiger partial charge < -0.3 is 4.90 Å². The molecule has 106 valence electrons. The Labute approximate surface area is 115 Å². The van der Waals surface area contributed by atoms with Crippen LogP contribution in [-0.2, 0) is 9.59 Å². The lowest BCUT2D eigenvalue weighted by Gasteiger charge is -2.33. The molecule has 0 bridgehead atoms. The normalized spacial score (nSPS) is 37.5. The maximum atomic E-state index is 12.6. The van der Waals surface area contributed by atoms with E-state index in [0.29, 0.717) is 11.7 Å². The quantitative estimate of drug-likeness (QED) is 0.768. The number of Topliss-reactive ketones (excluding diaryl/α,β-unsaturated/α-hetero) is 1. The minimum absolute atomic E-state index is 0.141. The first kappa shape index (κ1) is 13.1. The number of amides is 1. The van der Waals surface area contributed by atoms with Crippen LogP contribution in [0, 0.1) is 17.3 Å². The summed E-state index contributed by atoms with van der Waals surface area (Å²) in [4.78, 5) is 26.8. The third-order valence-corrected chi connectivity index (χ3v) is 5.46. The van der Waals surface area contributed by atoms with Crippen LogP contribution < -0.4 is 0 Å². The second kappa shape index (κ2) is 4.60. The number of rotatable bonds is 2. The van der Waals surface area contributed by atoms with E-state index in [1.165, 1.54) is 0 Å². The van der Waals surface area contributed by atoms with Gasteiger partial charge in [0, 0.05) is 30.8 Å². The van der Waals surface area contributed by atoms with E-state index in [1.54, 1.807) is 0 Å². The van der Waals surface area contributed by atoms with Crippen molar-refractivity contribution in [3.05, 3.63) is 0 Å². The predicted octanol–water partition coefficient (Wildman–Crippen LogP) is 2.78. The Kier molecular flexibility index (Phi) is 3.18. The van der Waals surface area contributed by atoms with Gasteiger partial charge in [0.2, 0.25) is 5.91 Å². The summed E-state index contributed by atoms with van der Waals surface area (Å²) in [5.74, 6) is 1.09. The molecule has 1 heterocycles. The molecule has 3 atom stereocenters. The van der Waals surface area contributed by atoms with Gasteiger partial charge in [0.15, 0.2) is 0 Å². The van der Waals surface area contributed by atoms with Gasteiger partial charge in [-0.05, 0) is 37.5 Å². The number of likely N-dealkylation sites (tertiary alicyclic amines) is 1. The van der Waals surface area contributed by atoms with Gasteiger partial charge in [-0.2, -0.15) is 0 Å². The highest BCUT2D eigenvalue weighted by molar-refractivity contribution is 5.86. The van der Waals surface area contributed by atoms with Crippen LogP contribution >= 0.6 is 0 Å². The molecule has 0 aromatic carbocycles. The molecule has 1 aliphatic heterocycles. The first-order valence-corrected chi connectivity index (χ1v) is 7.84. The Morgan fingerprint density at radius 1 is 1.21 bits per heavy atom. The molecule has 3 heteroatoms. The van der Waals surface area contributed by atoms with Gasteiger partial charge in [-0.15, -0.1) is 0 Å². The highest BCUT2D eigenvalue weighted by Gasteiger charge is 2.53. The zero-order chi connectivity index (χ0) is 13.6. The topological polar surface area (TPSA) is 37.4 Å². The first-order valence-electron chi connectivity index (χ1n) is 7.84. The van der Waals surface area contributed by atoms with Crippen LogP contribution in [0.3, 0.4) is 0 Å². The zero-order valence-corrected chi connectivity index (χ0v) is 12.2.